The molecule has 7 nitrogen and oxygen atoms in total. The third kappa shape index (κ3) is 6.87. The molecule has 4 rings (SSSR count). The number of rotatable bonds is 8. The van der Waals surface area contributed by atoms with Crippen LogP contribution in [0, 0.1) is 5.82 Å². The van der Waals surface area contributed by atoms with Gasteiger partial charge in [0.15, 0.2) is 5.11 Å². The molecule has 1 amide bonds. The second-order valence-electron chi connectivity index (χ2n) is 8.36. The first-order chi connectivity index (χ1) is 17.7. The highest BCUT2D eigenvalue weighted by Gasteiger charge is 2.27. The summed E-state index contributed by atoms with van der Waals surface area (Å²) in [5.74, 6) is -0.0155. The summed E-state index contributed by atoms with van der Waals surface area (Å²) >= 11 is 5.14. The Labute approximate surface area is 220 Å². The van der Waals surface area contributed by atoms with Crippen LogP contribution in [0.4, 0.5) is 4.39 Å². The maximum atomic E-state index is 13.1. The van der Waals surface area contributed by atoms with E-state index in [-0.39, 0.29) is 27.4 Å². The van der Waals surface area contributed by atoms with Crippen molar-refractivity contribution in [2.24, 2.45) is 4.99 Å². The summed E-state index contributed by atoms with van der Waals surface area (Å²) in [7, 11) is -3.84. The zero-order valence-electron chi connectivity index (χ0n) is 20.0. The molecule has 1 aliphatic rings. The summed E-state index contributed by atoms with van der Waals surface area (Å²) in [4.78, 5) is 18.8. The van der Waals surface area contributed by atoms with Gasteiger partial charge in [-0.1, -0.05) is 54.6 Å². The predicted molar refractivity (Wildman–Crippen MR) is 146 cm³/mol. The molecule has 3 aromatic carbocycles. The van der Waals surface area contributed by atoms with Crippen LogP contribution in [-0.4, -0.2) is 36.7 Å². The molecule has 1 heterocycles. The van der Waals surface area contributed by atoms with Gasteiger partial charge < -0.3 is 5.32 Å². The van der Waals surface area contributed by atoms with Gasteiger partial charge in [0.2, 0.25) is 0 Å². The fraction of sp³-hybridized carbons (Fsp3) is 0.148. The summed E-state index contributed by atoms with van der Waals surface area (Å²) in [5, 5.41) is 2.90. The molecule has 0 spiro atoms. The molecular weight excluding hydrogens is 511 g/mol. The van der Waals surface area contributed by atoms with Gasteiger partial charge in [-0.05, 0) is 72.6 Å². The van der Waals surface area contributed by atoms with Gasteiger partial charge in [-0.15, -0.1) is 0 Å². The van der Waals surface area contributed by atoms with E-state index in [0.717, 1.165) is 11.1 Å². The summed E-state index contributed by atoms with van der Waals surface area (Å²) < 4.78 is 40.9. The summed E-state index contributed by atoms with van der Waals surface area (Å²) in [6, 6.07) is 21.7. The standard InChI is InChI=1S/C27H25FN4O3S2/c1-19-30-25(17-21-7-11-23(28)12-8-21)26(33)32(19)16-15-20-9-13-24(14-10-20)37(34,35)31-27(36)29-18-22-5-3-2-4-6-22/h2-14,17H,15-16,18H2,1H3,(H2,29,31,36)/b25-17-. The number of hydrogen-bond acceptors (Lipinski definition) is 5. The summed E-state index contributed by atoms with van der Waals surface area (Å²) in [6.45, 7) is 2.53. The van der Waals surface area contributed by atoms with Crippen molar-refractivity contribution >= 4 is 45.2 Å². The molecule has 0 fully saturated rings. The van der Waals surface area contributed by atoms with Crippen LogP contribution in [0.2, 0.25) is 0 Å². The SMILES string of the molecule is CC1=N/C(=C\c2ccc(F)cc2)C(=O)N1CCc1ccc(S(=O)(=O)NC(=S)NCc2ccccc2)cc1. The quantitative estimate of drug-likeness (QED) is 0.335. The van der Waals surface area contributed by atoms with Gasteiger partial charge in [-0.3, -0.25) is 14.4 Å². The maximum absolute atomic E-state index is 13.1. The van der Waals surface area contributed by atoms with Crippen molar-refractivity contribution in [1.29, 1.82) is 0 Å². The van der Waals surface area contributed by atoms with E-state index in [1.165, 1.54) is 24.3 Å². The molecule has 10 heteroatoms. The number of sulfonamides is 1. The third-order valence-corrected chi connectivity index (χ3v) is 7.43. The largest absolute Gasteiger partial charge is 0.358 e. The molecule has 190 valence electrons. The van der Waals surface area contributed by atoms with Gasteiger partial charge in [-0.25, -0.2) is 17.8 Å². The first-order valence-electron chi connectivity index (χ1n) is 11.5. The van der Waals surface area contributed by atoms with Crippen LogP contribution < -0.4 is 10.0 Å². The summed E-state index contributed by atoms with van der Waals surface area (Å²) in [5.41, 5.74) is 2.81. The molecule has 0 unspecified atom stereocenters. The van der Waals surface area contributed by atoms with Crippen LogP contribution in [-0.2, 0) is 27.8 Å². The number of nitrogens with one attached hydrogen (secondary N) is 2. The molecule has 0 aliphatic carbocycles. The van der Waals surface area contributed by atoms with Crippen molar-refractivity contribution in [3.63, 3.8) is 0 Å². The van der Waals surface area contributed by atoms with E-state index in [9.17, 15) is 17.6 Å². The molecule has 0 radical (unpaired) electrons. The van der Waals surface area contributed by atoms with E-state index < -0.39 is 10.0 Å². The Hall–Kier alpha value is -3.89. The minimum atomic E-state index is -3.84. The van der Waals surface area contributed by atoms with Gasteiger partial charge >= 0.3 is 0 Å². The maximum Gasteiger partial charge on any atom is 0.277 e. The number of amides is 1. The zero-order chi connectivity index (χ0) is 26.4. The molecule has 1 aliphatic heterocycles. The zero-order valence-corrected chi connectivity index (χ0v) is 21.7. The van der Waals surface area contributed by atoms with E-state index in [2.05, 4.69) is 15.0 Å². The predicted octanol–water partition coefficient (Wildman–Crippen LogP) is 4.02. The minimum absolute atomic E-state index is 0.0136. The average molecular weight is 537 g/mol. The Morgan fingerprint density at radius 2 is 1.68 bits per heavy atom. The Balaban J connectivity index is 1.32. The molecule has 2 N–H and O–H groups in total. The van der Waals surface area contributed by atoms with Crippen molar-refractivity contribution in [3.8, 4) is 0 Å². The van der Waals surface area contributed by atoms with Gasteiger partial charge in [0.25, 0.3) is 15.9 Å². The number of thiocarbonyl (C=S) groups is 1. The van der Waals surface area contributed by atoms with Gasteiger partial charge in [0, 0.05) is 13.1 Å². The smallest absolute Gasteiger partial charge is 0.277 e. The Morgan fingerprint density at radius 3 is 2.35 bits per heavy atom. The van der Waals surface area contributed by atoms with Crippen LogP contribution in [0.1, 0.15) is 23.6 Å². The number of hydrogen-bond donors (Lipinski definition) is 2. The Morgan fingerprint density at radius 1 is 1.00 bits per heavy atom. The van der Waals surface area contributed by atoms with E-state index in [0.29, 0.717) is 30.9 Å². The van der Waals surface area contributed by atoms with E-state index in [1.54, 1.807) is 42.2 Å². The lowest BCUT2D eigenvalue weighted by Gasteiger charge is -2.16. The lowest BCUT2D eigenvalue weighted by atomic mass is 10.1. The molecule has 37 heavy (non-hydrogen) atoms. The van der Waals surface area contributed by atoms with Crippen molar-refractivity contribution in [3.05, 3.63) is 107 Å². The molecule has 0 saturated heterocycles. The van der Waals surface area contributed by atoms with Crippen LogP contribution in [0.3, 0.4) is 0 Å². The molecule has 3 aromatic rings. The van der Waals surface area contributed by atoms with E-state index in [1.807, 2.05) is 30.3 Å². The van der Waals surface area contributed by atoms with Crippen LogP contribution >= 0.6 is 12.2 Å². The number of carbonyl (C=O) groups is 1. The van der Waals surface area contributed by atoms with E-state index in [4.69, 9.17) is 12.2 Å². The monoisotopic (exact) mass is 536 g/mol. The molecule has 0 aromatic heterocycles. The van der Waals surface area contributed by atoms with Gasteiger partial charge in [-0.2, -0.15) is 0 Å². The third-order valence-electron chi connectivity index (χ3n) is 5.69. The van der Waals surface area contributed by atoms with Crippen molar-refractivity contribution in [2.45, 2.75) is 24.8 Å². The van der Waals surface area contributed by atoms with Gasteiger partial charge in [0.1, 0.15) is 17.3 Å². The van der Waals surface area contributed by atoms with Crippen molar-refractivity contribution in [2.75, 3.05) is 6.54 Å². The number of nitrogens with zero attached hydrogens (tertiary/aromatic N) is 2. The highest BCUT2D eigenvalue weighted by Crippen LogP contribution is 2.19. The van der Waals surface area contributed by atoms with Crippen LogP contribution in [0.15, 0.2) is 94.4 Å². The van der Waals surface area contributed by atoms with Crippen molar-refractivity contribution < 1.29 is 17.6 Å². The highest BCUT2D eigenvalue weighted by atomic mass is 32.2. The number of aliphatic imine (C=N–C) groups is 1. The van der Waals surface area contributed by atoms with Crippen molar-refractivity contribution in [1.82, 2.24) is 14.9 Å². The molecule has 0 saturated carbocycles. The fourth-order valence-corrected chi connectivity index (χ4v) is 5.04. The molecule has 0 atom stereocenters. The first kappa shape index (κ1) is 26.2. The van der Waals surface area contributed by atoms with E-state index >= 15 is 0 Å². The topological polar surface area (TPSA) is 90.9 Å². The normalized spacial score (nSPS) is 14.5. The molecule has 0 bridgehead atoms. The summed E-state index contributed by atoms with van der Waals surface area (Å²) in [6.07, 6.45) is 2.13. The number of carbonyl (C=O) groups excluding carboxylic acids is 1. The van der Waals surface area contributed by atoms with Gasteiger partial charge in [0.05, 0.1) is 4.90 Å². The lowest BCUT2D eigenvalue weighted by Crippen LogP contribution is -2.38. The number of halogens is 1. The lowest BCUT2D eigenvalue weighted by molar-refractivity contribution is -0.122. The second kappa shape index (κ2) is 11.4. The number of benzene rings is 3. The average Bonchev–Trinajstić information content (AvgIpc) is 3.15. The minimum Gasteiger partial charge on any atom is -0.358 e. The molecular formula is C27H25FN4O3S2. The van der Waals surface area contributed by atoms with Crippen LogP contribution in [0.5, 0.6) is 0 Å². The second-order valence-corrected chi connectivity index (χ2v) is 10.5. The number of amidine groups is 1. The Bertz CT molecular complexity index is 1450. The van der Waals surface area contributed by atoms with Crippen LogP contribution in [0.25, 0.3) is 6.08 Å². The fourth-order valence-electron chi connectivity index (χ4n) is 3.71. The highest BCUT2D eigenvalue weighted by molar-refractivity contribution is 7.91. The first-order valence-corrected chi connectivity index (χ1v) is 13.4. The Kier molecular flexibility index (Phi) is 8.10.